The molecule has 4 aromatic rings. The van der Waals surface area contributed by atoms with Crippen molar-refractivity contribution in [3.05, 3.63) is 95.1 Å². The molecule has 0 aliphatic carbocycles. The summed E-state index contributed by atoms with van der Waals surface area (Å²) in [4.78, 5) is 24.5. The summed E-state index contributed by atoms with van der Waals surface area (Å²) in [5.74, 6) is -1.28. The number of para-hydroxylation sites is 2. The molecule has 0 unspecified atom stereocenters. The fraction of sp³-hybridized carbons (Fsp3) is 0.0833. The lowest BCUT2D eigenvalue weighted by molar-refractivity contribution is -0.116. The second-order valence-corrected chi connectivity index (χ2v) is 9.88. The number of halogens is 1. The number of hydrogen-bond donors (Lipinski definition) is 2. The average molecular weight is 482 g/mol. The van der Waals surface area contributed by atoms with Gasteiger partial charge in [-0.2, -0.15) is 0 Å². The molecule has 7 nitrogen and oxygen atoms in total. The van der Waals surface area contributed by atoms with Crippen molar-refractivity contribution < 1.29 is 18.0 Å². The Morgan fingerprint density at radius 2 is 1.61 bits per heavy atom. The molecule has 0 fully saturated rings. The van der Waals surface area contributed by atoms with Crippen molar-refractivity contribution in [1.82, 2.24) is 4.57 Å². The van der Waals surface area contributed by atoms with Crippen molar-refractivity contribution in [2.75, 3.05) is 5.32 Å². The van der Waals surface area contributed by atoms with Gasteiger partial charge in [-0.25, -0.2) is 8.42 Å². The summed E-state index contributed by atoms with van der Waals surface area (Å²) >= 11 is 5.90. The predicted molar refractivity (Wildman–Crippen MR) is 128 cm³/mol. The lowest BCUT2D eigenvalue weighted by Crippen LogP contribution is -2.21. The minimum absolute atomic E-state index is 0.137. The molecule has 0 spiro atoms. The van der Waals surface area contributed by atoms with Crippen LogP contribution in [0.5, 0.6) is 0 Å². The Morgan fingerprint density at radius 3 is 2.33 bits per heavy atom. The Hall–Kier alpha value is -3.62. The molecule has 0 saturated carbocycles. The fourth-order valence-electron chi connectivity index (χ4n) is 3.62. The van der Waals surface area contributed by atoms with Gasteiger partial charge in [0.25, 0.3) is 5.91 Å². The molecule has 0 radical (unpaired) electrons. The Morgan fingerprint density at radius 1 is 0.939 bits per heavy atom. The maximum atomic E-state index is 13.2. The lowest BCUT2D eigenvalue weighted by atomic mass is 10.1. The molecule has 0 bridgehead atoms. The van der Waals surface area contributed by atoms with Crippen LogP contribution < -0.4 is 11.1 Å². The van der Waals surface area contributed by atoms with Gasteiger partial charge >= 0.3 is 0 Å². The zero-order valence-electron chi connectivity index (χ0n) is 17.4. The van der Waals surface area contributed by atoms with E-state index in [9.17, 15) is 18.0 Å². The number of nitrogens with one attached hydrogen (secondary N) is 1. The van der Waals surface area contributed by atoms with Crippen molar-refractivity contribution in [2.24, 2.45) is 5.73 Å². The molecule has 3 aromatic carbocycles. The third-order valence-electron chi connectivity index (χ3n) is 5.14. The number of nitrogens with zero attached hydrogens (tertiary/aromatic N) is 1. The van der Waals surface area contributed by atoms with Gasteiger partial charge in [0.05, 0.1) is 21.9 Å². The Bertz CT molecular complexity index is 1460. The van der Waals surface area contributed by atoms with Crippen LogP contribution in [0.2, 0.25) is 5.02 Å². The largest absolute Gasteiger partial charge is 0.366 e. The first-order valence-corrected chi connectivity index (χ1v) is 12.0. The molecule has 33 heavy (non-hydrogen) atoms. The van der Waals surface area contributed by atoms with Crippen LogP contribution in [0, 0.1) is 0 Å². The molecule has 0 atom stereocenters. The Labute approximate surface area is 195 Å². The average Bonchev–Trinajstić information content (AvgIpc) is 3.15. The summed E-state index contributed by atoms with van der Waals surface area (Å²) < 4.78 is 28.0. The molecule has 0 saturated heterocycles. The van der Waals surface area contributed by atoms with Crippen LogP contribution in [-0.2, 0) is 26.9 Å². The number of rotatable bonds is 7. The molecule has 0 aliphatic rings. The van der Waals surface area contributed by atoms with Crippen molar-refractivity contribution in [2.45, 2.75) is 17.2 Å². The fourth-order valence-corrected chi connectivity index (χ4v) is 5.33. The van der Waals surface area contributed by atoms with E-state index in [0.717, 1.165) is 0 Å². The summed E-state index contributed by atoms with van der Waals surface area (Å²) in [6, 6.07) is 20.0. The van der Waals surface area contributed by atoms with E-state index in [1.54, 1.807) is 71.3 Å². The van der Waals surface area contributed by atoms with E-state index in [2.05, 4.69) is 5.32 Å². The molecular formula is C24H20ClN3O4S. The molecule has 2 amide bonds. The quantitative estimate of drug-likeness (QED) is 0.415. The number of nitrogens with two attached hydrogens (primary N) is 1. The number of primary amides is 1. The normalized spacial score (nSPS) is 11.4. The topological polar surface area (TPSA) is 111 Å². The summed E-state index contributed by atoms with van der Waals surface area (Å²) in [6.45, 7) is -0.149. The van der Waals surface area contributed by atoms with Gasteiger partial charge in [-0.15, -0.1) is 0 Å². The second-order valence-electron chi connectivity index (χ2n) is 7.48. The third kappa shape index (κ3) is 4.92. The lowest BCUT2D eigenvalue weighted by Gasteiger charge is -2.10. The van der Waals surface area contributed by atoms with E-state index < -0.39 is 21.7 Å². The van der Waals surface area contributed by atoms with Crippen LogP contribution in [0.25, 0.3) is 10.9 Å². The van der Waals surface area contributed by atoms with Gasteiger partial charge < -0.3 is 15.6 Å². The monoisotopic (exact) mass is 481 g/mol. The van der Waals surface area contributed by atoms with E-state index in [0.29, 0.717) is 27.2 Å². The molecule has 3 N–H and O–H groups in total. The standard InChI is InChI=1S/C24H20ClN3O4S/c25-17-11-9-16(10-12-17)15-33(31,32)22-13-28(21-8-4-2-6-19(21)22)14-23(29)27-20-7-3-1-5-18(20)24(26)30/h1-13H,14-15H2,(H2,26,30)(H,27,29). The van der Waals surface area contributed by atoms with Gasteiger partial charge in [0.1, 0.15) is 6.54 Å². The minimum atomic E-state index is -3.70. The highest BCUT2D eigenvalue weighted by Gasteiger charge is 2.22. The van der Waals surface area contributed by atoms with Crippen molar-refractivity contribution in [1.29, 1.82) is 0 Å². The number of carbonyl (C=O) groups excluding carboxylic acids is 2. The first-order chi connectivity index (χ1) is 15.7. The Kier molecular flexibility index (Phi) is 6.22. The van der Waals surface area contributed by atoms with Gasteiger partial charge in [0.2, 0.25) is 5.91 Å². The number of benzene rings is 3. The Balaban J connectivity index is 1.64. The van der Waals surface area contributed by atoms with Crippen LogP contribution in [0.3, 0.4) is 0 Å². The smallest absolute Gasteiger partial charge is 0.250 e. The summed E-state index contributed by atoms with van der Waals surface area (Å²) in [7, 11) is -3.70. The van der Waals surface area contributed by atoms with Crippen LogP contribution in [0.4, 0.5) is 5.69 Å². The first kappa shape index (κ1) is 22.6. The molecule has 4 rings (SSSR count). The van der Waals surface area contributed by atoms with E-state index in [4.69, 9.17) is 17.3 Å². The van der Waals surface area contributed by atoms with Crippen LogP contribution >= 0.6 is 11.6 Å². The molecule has 0 aliphatic heterocycles. The highest BCUT2D eigenvalue weighted by atomic mass is 35.5. The van der Waals surface area contributed by atoms with Crippen molar-refractivity contribution >= 4 is 49.8 Å². The zero-order chi connectivity index (χ0) is 23.6. The molecule has 1 aromatic heterocycles. The number of fused-ring (bicyclic) bond motifs is 1. The van der Waals surface area contributed by atoms with Gasteiger partial charge in [-0.05, 0) is 35.9 Å². The third-order valence-corrected chi connectivity index (χ3v) is 7.10. The number of anilines is 1. The van der Waals surface area contributed by atoms with Gasteiger partial charge in [-0.3, -0.25) is 9.59 Å². The van der Waals surface area contributed by atoms with Crippen molar-refractivity contribution in [3.8, 4) is 0 Å². The van der Waals surface area contributed by atoms with Crippen LogP contribution in [-0.4, -0.2) is 24.8 Å². The van der Waals surface area contributed by atoms with Crippen LogP contribution in [0.1, 0.15) is 15.9 Å². The van der Waals surface area contributed by atoms with Gasteiger partial charge in [0, 0.05) is 22.1 Å². The minimum Gasteiger partial charge on any atom is -0.366 e. The molecule has 168 valence electrons. The number of hydrogen-bond acceptors (Lipinski definition) is 4. The van der Waals surface area contributed by atoms with Crippen LogP contribution in [0.15, 0.2) is 83.9 Å². The number of carbonyl (C=O) groups is 2. The van der Waals surface area contributed by atoms with E-state index >= 15 is 0 Å². The number of sulfone groups is 1. The second kappa shape index (κ2) is 9.09. The maximum absolute atomic E-state index is 13.2. The molecular weight excluding hydrogens is 462 g/mol. The molecule has 1 heterocycles. The first-order valence-electron chi connectivity index (χ1n) is 9.98. The van der Waals surface area contributed by atoms with Gasteiger partial charge in [-0.1, -0.05) is 54.1 Å². The number of aromatic nitrogens is 1. The summed E-state index contributed by atoms with van der Waals surface area (Å²) in [5, 5.41) is 3.73. The zero-order valence-corrected chi connectivity index (χ0v) is 18.9. The number of amides is 2. The maximum Gasteiger partial charge on any atom is 0.250 e. The van der Waals surface area contributed by atoms with E-state index in [1.807, 2.05) is 0 Å². The van der Waals surface area contributed by atoms with Crippen molar-refractivity contribution in [3.63, 3.8) is 0 Å². The highest BCUT2D eigenvalue weighted by Crippen LogP contribution is 2.28. The van der Waals surface area contributed by atoms with Gasteiger partial charge in [0.15, 0.2) is 9.84 Å². The predicted octanol–water partition coefficient (Wildman–Crippen LogP) is 4.01. The molecule has 9 heteroatoms. The highest BCUT2D eigenvalue weighted by molar-refractivity contribution is 7.90. The van der Waals surface area contributed by atoms with E-state index in [1.165, 1.54) is 12.3 Å². The summed E-state index contributed by atoms with van der Waals surface area (Å²) in [6.07, 6.45) is 1.47. The van der Waals surface area contributed by atoms with E-state index in [-0.39, 0.29) is 22.8 Å². The summed E-state index contributed by atoms with van der Waals surface area (Å²) in [5.41, 5.74) is 7.06. The SMILES string of the molecule is NC(=O)c1ccccc1NC(=O)Cn1cc(S(=O)(=O)Cc2ccc(Cl)cc2)c2ccccc21.